The number of hydrogen-bond acceptors (Lipinski definition) is 3. The molecule has 2 aromatic carbocycles. The fraction of sp³-hybridized carbons (Fsp3) is 0.333. The van der Waals surface area contributed by atoms with Crippen LogP contribution >= 0.6 is 0 Å². The number of oxime groups is 1. The van der Waals surface area contributed by atoms with Gasteiger partial charge < -0.3 is 9.74 Å². The van der Waals surface area contributed by atoms with Crippen molar-refractivity contribution in [2.75, 3.05) is 13.2 Å². The molecule has 0 saturated heterocycles. The third-order valence-electron chi connectivity index (χ3n) is 4.55. The molecule has 1 amide bonds. The first-order valence-electron chi connectivity index (χ1n) is 8.73. The minimum absolute atomic E-state index is 0.0251. The van der Waals surface area contributed by atoms with Gasteiger partial charge in [-0.2, -0.15) is 0 Å². The molecule has 4 heteroatoms. The van der Waals surface area contributed by atoms with Crippen molar-refractivity contribution in [2.45, 2.75) is 32.7 Å². The van der Waals surface area contributed by atoms with E-state index in [1.165, 1.54) is 16.7 Å². The molecule has 3 rings (SSSR count). The van der Waals surface area contributed by atoms with Crippen molar-refractivity contribution >= 4 is 12.1 Å². The van der Waals surface area contributed by atoms with Gasteiger partial charge in [0.1, 0.15) is 0 Å². The number of benzene rings is 2. The maximum absolute atomic E-state index is 12.3. The van der Waals surface area contributed by atoms with E-state index < -0.39 is 0 Å². The van der Waals surface area contributed by atoms with Gasteiger partial charge in [-0.25, -0.2) is 0 Å². The highest BCUT2D eigenvalue weighted by Gasteiger charge is 2.20. The fourth-order valence-electron chi connectivity index (χ4n) is 2.96. The number of carbonyl (C=O) groups is 1. The first kappa shape index (κ1) is 17.2. The number of hydrogen-bond donors (Lipinski definition) is 0. The maximum atomic E-state index is 12.3. The summed E-state index contributed by atoms with van der Waals surface area (Å²) in [4.78, 5) is 19.3. The zero-order chi connectivity index (χ0) is 17.6. The molecule has 2 aromatic rings. The monoisotopic (exact) mass is 336 g/mol. The molecule has 1 aliphatic rings. The quantitative estimate of drug-likeness (QED) is 0.616. The molecule has 0 spiro atoms. The molecule has 130 valence electrons. The SMILES string of the molecule is CC(C)c1ccc(/C=N\OCC(=O)N2CCc3ccccc3C2)cc1. The second-order valence-corrected chi connectivity index (χ2v) is 6.66. The van der Waals surface area contributed by atoms with Gasteiger partial charge >= 0.3 is 0 Å². The number of fused-ring (bicyclic) bond motifs is 1. The van der Waals surface area contributed by atoms with Gasteiger partial charge in [0.15, 0.2) is 6.61 Å². The lowest BCUT2D eigenvalue weighted by molar-refractivity contribution is -0.137. The third-order valence-corrected chi connectivity index (χ3v) is 4.55. The standard InChI is InChI=1S/C21H24N2O2/c1-16(2)18-9-7-17(8-10-18)13-22-25-15-21(24)23-12-11-19-5-3-4-6-20(19)14-23/h3-10,13,16H,11-12,14-15H2,1-2H3/b22-13-. The zero-order valence-corrected chi connectivity index (χ0v) is 14.8. The van der Waals surface area contributed by atoms with Crippen LogP contribution in [0.5, 0.6) is 0 Å². The van der Waals surface area contributed by atoms with Gasteiger partial charge in [0, 0.05) is 13.1 Å². The zero-order valence-electron chi connectivity index (χ0n) is 14.8. The Morgan fingerprint density at radius 3 is 2.60 bits per heavy atom. The van der Waals surface area contributed by atoms with Crippen LogP contribution in [-0.4, -0.2) is 30.2 Å². The van der Waals surface area contributed by atoms with Crippen LogP contribution in [0.15, 0.2) is 53.7 Å². The third kappa shape index (κ3) is 4.47. The predicted molar refractivity (Wildman–Crippen MR) is 99.6 cm³/mol. The van der Waals surface area contributed by atoms with Gasteiger partial charge in [-0.3, -0.25) is 4.79 Å². The minimum Gasteiger partial charge on any atom is -0.386 e. The Bertz CT molecular complexity index is 751. The van der Waals surface area contributed by atoms with Crippen LogP contribution in [0.3, 0.4) is 0 Å². The maximum Gasteiger partial charge on any atom is 0.263 e. The highest BCUT2D eigenvalue weighted by molar-refractivity contribution is 5.80. The highest BCUT2D eigenvalue weighted by atomic mass is 16.6. The van der Waals surface area contributed by atoms with E-state index in [4.69, 9.17) is 4.84 Å². The van der Waals surface area contributed by atoms with Crippen molar-refractivity contribution in [1.29, 1.82) is 0 Å². The summed E-state index contributed by atoms with van der Waals surface area (Å²) < 4.78 is 0. The van der Waals surface area contributed by atoms with Gasteiger partial charge in [-0.1, -0.05) is 67.5 Å². The van der Waals surface area contributed by atoms with Gasteiger partial charge in [-0.15, -0.1) is 0 Å². The summed E-state index contributed by atoms with van der Waals surface area (Å²) in [6.07, 6.45) is 2.54. The Labute approximate surface area is 149 Å². The predicted octanol–water partition coefficient (Wildman–Crippen LogP) is 3.75. The molecule has 0 atom stereocenters. The van der Waals surface area contributed by atoms with Crippen LogP contribution in [0.1, 0.15) is 42.0 Å². The van der Waals surface area contributed by atoms with Crippen molar-refractivity contribution < 1.29 is 9.63 Å². The molecule has 4 nitrogen and oxygen atoms in total. The van der Waals surface area contributed by atoms with E-state index in [0.717, 1.165) is 18.5 Å². The molecule has 0 radical (unpaired) electrons. The van der Waals surface area contributed by atoms with Gasteiger partial charge in [0.2, 0.25) is 0 Å². The lowest BCUT2D eigenvalue weighted by Gasteiger charge is -2.28. The van der Waals surface area contributed by atoms with E-state index >= 15 is 0 Å². The second kappa shape index (κ2) is 7.97. The number of carbonyl (C=O) groups excluding carboxylic acids is 1. The van der Waals surface area contributed by atoms with Crippen LogP contribution in [0.25, 0.3) is 0 Å². The summed E-state index contributed by atoms with van der Waals surface area (Å²) in [7, 11) is 0. The highest BCUT2D eigenvalue weighted by Crippen LogP contribution is 2.18. The van der Waals surface area contributed by atoms with Crippen molar-refractivity contribution in [2.24, 2.45) is 5.16 Å². The summed E-state index contributed by atoms with van der Waals surface area (Å²) in [6.45, 7) is 5.69. The van der Waals surface area contributed by atoms with Gasteiger partial charge in [-0.05, 0) is 34.6 Å². The van der Waals surface area contributed by atoms with Crippen molar-refractivity contribution in [1.82, 2.24) is 4.90 Å². The summed E-state index contributed by atoms with van der Waals surface area (Å²) in [6, 6.07) is 16.4. The summed E-state index contributed by atoms with van der Waals surface area (Å²) in [5, 5.41) is 3.92. The topological polar surface area (TPSA) is 41.9 Å². The average molecular weight is 336 g/mol. The molecule has 1 aliphatic heterocycles. The normalized spacial score (nSPS) is 14.0. The first-order valence-corrected chi connectivity index (χ1v) is 8.73. The lowest BCUT2D eigenvalue weighted by atomic mass is 10.00. The van der Waals surface area contributed by atoms with Gasteiger partial charge in [0.25, 0.3) is 5.91 Å². The average Bonchev–Trinajstić information content (AvgIpc) is 2.65. The van der Waals surface area contributed by atoms with E-state index in [0.29, 0.717) is 12.5 Å². The Kier molecular flexibility index (Phi) is 5.49. The van der Waals surface area contributed by atoms with E-state index in [1.54, 1.807) is 6.21 Å². The van der Waals surface area contributed by atoms with Crippen LogP contribution in [0, 0.1) is 0 Å². The second-order valence-electron chi connectivity index (χ2n) is 6.66. The molecular formula is C21H24N2O2. The largest absolute Gasteiger partial charge is 0.386 e. The molecule has 0 saturated carbocycles. The van der Waals surface area contributed by atoms with E-state index in [1.807, 2.05) is 29.2 Å². The molecule has 0 N–H and O–H groups in total. The molecule has 0 unspecified atom stereocenters. The smallest absolute Gasteiger partial charge is 0.263 e. The van der Waals surface area contributed by atoms with E-state index in [2.05, 4.69) is 43.3 Å². The summed E-state index contributed by atoms with van der Waals surface area (Å²) >= 11 is 0. The first-order chi connectivity index (χ1) is 12.1. The van der Waals surface area contributed by atoms with Crippen LogP contribution in [-0.2, 0) is 22.6 Å². The molecule has 0 aliphatic carbocycles. The Morgan fingerprint density at radius 1 is 1.16 bits per heavy atom. The van der Waals surface area contributed by atoms with E-state index in [-0.39, 0.29) is 12.5 Å². The molecule has 0 aromatic heterocycles. The van der Waals surface area contributed by atoms with Crippen LogP contribution < -0.4 is 0 Å². The Morgan fingerprint density at radius 2 is 1.88 bits per heavy atom. The van der Waals surface area contributed by atoms with Crippen LogP contribution in [0.4, 0.5) is 0 Å². The Balaban J connectivity index is 1.48. The summed E-state index contributed by atoms with van der Waals surface area (Å²) in [5.74, 6) is 0.483. The molecule has 1 heterocycles. The molecule has 0 bridgehead atoms. The van der Waals surface area contributed by atoms with Crippen molar-refractivity contribution in [3.05, 3.63) is 70.8 Å². The van der Waals surface area contributed by atoms with E-state index in [9.17, 15) is 4.79 Å². The molecule has 0 fully saturated rings. The minimum atomic E-state index is -0.0261. The van der Waals surface area contributed by atoms with Crippen molar-refractivity contribution in [3.8, 4) is 0 Å². The number of nitrogens with zero attached hydrogens (tertiary/aromatic N) is 2. The molecular weight excluding hydrogens is 312 g/mol. The van der Waals surface area contributed by atoms with Crippen LogP contribution in [0.2, 0.25) is 0 Å². The fourth-order valence-corrected chi connectivity index (χ4v) is 2.96. The number of rotatable bonds is 5. The Hall–Kier alpha value is -2.62. The lowest BCUT2D eigenvalue weighted by Crippen LogP contribution is -2.37. The van der Waals surface area contributed by atoms with Gasteiger partial charge in [0.05, 0.1) is 6.21 Å². The molecule has 25 heavy (non-hydrogen) atoms. The van der Waals surface area contributed by atoms with Crippen molar-refractivity contribution in [3.63, 3.8) is 0 Å². The number of amides is 1. The summed E-state index contributed by atoms with van der Waals surface area (Å²) in [5.41, 5.74) is 4.80.